The second-order valence-electron chi connectivity index (χ2n) is 4.95. The van der Waals surface area contributed by atoms with Crippen LogP contribution in [-0.2, 0) is 19.8 Å². The first-order chi connectivity index (χ1) is 9.14. The van der Waals surface area contributed by atoms with Gasteiger partial charge in [-0.3, -0.25) is 0 Å². The van der Waals surface area contributed by atoms with Crippen molar-refractivity contribution in [3.05, 3.63) is 22.4 Å². The zero-order valence-electron chi connectivity index (χ0n) is 10.5. The maximum Gasteiger partial charge on any atom is 0.506 e. The molecule has 1 saturated carbocycles. The number of carbonyl (C=O) groups is 1. The first-order valence-corrected chi connectivity index (χ1v) is 7.26. The highest BCUT2D eigenvalue weighted by atomic mass is 32.1. The van der Waals surface area contributed by atoms with E-state index < -0.39 is 17.5 Å². The van der Waals surface area contributed by atoms with Crippen molar-refractivity contribution < 1.29 is 24.1 Å². The van der Waals surface area contributed by atoms with E-state index >= 15 is 0 Å². The Hall–Kier alpha value is -1.11. The summed E-state index contributed by atoms with van der Waals surface area (Å²) in [6.45, 7) is 1.23. The van der Waals surface area contributed by atoms with Gasteiger partial charge in [0, 0.05) is 17.7 Å². The van der Waals surface area contributed by atoms with Crippen molar-refractivity contribution in [1.29, 1.82) is 0 Å². The van der Waals surface area contributed by atoms with Crippen LogP contribution < -0.4 is 0 Å². The molecule has 6 heteroatoms. The lowest BCUT2D eigenvalue weighted by molar-refractivity contribution is -0.205. The third kappa shape index (κ3) is 2.35. The van der Waals surface area contributed by atoms with E-state index in [0.717, 1.165) is 4.88 Å². The maximum atomic E-state index is 11.0. The van der Waals surface area contributed by atoms with Crippen LogP contribution in [0.2, 0.25) is 0 Å². The van der Waals surface area contributed by atoms with Crippen LogP contribution >= 0.6 is 11.3 Å². The Labute approximate surface area is 115 Å². The van der Waals surface area contributed by atoms with E-state index in [4.69, 9.17) is 19.3 Å². The molecule has 0 unspecified atom stereocenters. The third-order valence-electron chi connectivity index (χ3n) is 3.89. The van der Waals surface area contributed by atoms with Gasteiger partial charge in [0.25, 0.3) is 0 Å². The number of rotatable bonds is 2. The molecule has 3 rings (SSSR count). The van der Waals surface area contributed by atoms with Crippen molar-refractivity contribution >= 4 is 17.5 Å². The van der Waals surface area contributed by atoms with Crippen molar-refractivity contribution in [2.24, 2.45) is 0 Å². The minimum absolute atomic E-state index is 0.511. The van der Waals surface area contributed by atoms with Crippen LogP contribution in [0.5, 0.6) is 0 Å². The summed E-state index contributed by atoms with van der Waals surface area (Å²) in [5, 5.41) is 10.9. The Morgan fingerprint density at radius 2 is 1.95 bits per heavy atom. The van der Waals surface area contributed by atoms with Gasteiger partial charge in [0.15, 0.2) is 11.4 Å². The Morgan fingerprint density at radius 1 is 1.26 bits per heavy atom. The lowest BCUT2D eigenvalue weighted by atomic mass is 9.80. The fourth-order valence-electron chi connectivity index (χ4n) is 2.92. The topological polar surface area (TPSA) is 65.0 Å². The molecule has 0 radical (unpaired) electrons. The molecular formula is C13H16O5S. The number of carboxylic acid groups (broad SMARTS) is 1. The Bertz CT molecular complexity index is 440. The van der Waals surface area contributed by atoms with Gasteiger partial charge in [-0.1, -0.05) is 6.07 Å². The van der Waals surface area contributed by atoms with Gasteiger partial charge in [-0.25, -0.2) is 4.79 Å². The molecule has 0 aromatic carbocycles. The third-order valence-corrected chi connectivity index (χ3v) is 4.94. The summed E-state index contributed by atoms with van der Waals surface area (Å²) < 4.78 is 16.6. The summed E-state index contributed by atoms with van der Waals surface area (Å²) in [5.74, 6) is -0.511. The summed E-state index contributed by atoms with van der Waals surface area (Å²) in [5.41, 5.74) is -0.736. The predicted molar refractivity (Wildman–Crippen MR) is 68.2 cm³/mol. The molecule has 0 bridgehead atoms. The molecule has 1 aromatic rings. The van der Waals surface area contributed by atoms with Crippen LogP contribution in [0.25, 0.3) is 0 Å². The molecule has 2 heterocycles. The molecule has 104 valence electrons. The lowest BCUT2D eigenvalue weighted by Crippen LogP contribution is -2.44. The number of hydrogen-bond acceptors (Lipinski definition) is 5. The molecule has 0 amide bonds. The fraction of sp³-hybridized carbons (Fsp3) is 0.615. The number of thiophene rings is 1. The van der Waals surface area contributed by atoms with E-state index in [2.05, 4.69) is 0 Å². The predicted octanol–water partition coefficient (Wildman–Crippen LogP) is 2.96. The van der Waals surface area contributed by atoms with Gasteiger partial charge in [-0.2, -0.15) is 0 Å². The van der Waals surface area contributed by atoms with Crippen molar-refractivity contribution in [2.45, 2.75) is 37.1 Å². The van der Waals surface area contributed by atoms with E-state index in [1.807, 2.05) is 17.5 Å². The van der Waals surface area contributed by atoms with Crippen LogP contribution in [-0.4, -0.2) is 30.3 Å². The number of ether oxygens (including phenoxy) is 3. The minimum atomic E-state index is -1.22. The Kier molecular flexibility index (Phi) is 3.24. The highest BCUT2D eigenvalue weighted by Crippen LogP contribution is 2.48. The van der Waals surface area contributed by atoms with Gasteiger partial charge in [-0.15, -0.1) is 11.3 Å². The van der Waals surface area contributed by atoms with Crippen molar-refractivity contribution in [3.8, 4) is 0 Å². The van der Waals surface area contributed by atoms with Gasteiger partial charge >= 0.3 is 6.16 Å². The van der Waals surface area contributed by atoms with E-state index in [1.54, 1.807) is 0 Å². The summed E-state index contributed by atoms with van der Waals surface area (Å²) in [4.78, 5) is 12.0. The molecule has 1 saturated heterocycles. The van der Waals surface area contributed by atoms with Crippen LogP contribution in [0.1, 0.15) is 30.6 Å². The highest BCUT2D eigenvalue weighted by molar-refractivity contribution is 7.10. The van der Waals surface area contributed by atoms with E-state index in [-0.39, 0.29) is 0 Å². The molecule has 1 N–H and O–H groups in total. The molecule has 19 heavy (non-hydrogen) atoms. The van der Waals surface area contributed by atoms with Crippen molar-refractivity contribution in [2.75, 3.05) is 13.2 Å². The van der Waals surface area contributed by atoms with Crippen LogP contribution in [0.4, 0.5) is 4.79 Å². The first-order valence-electron chi connectivity index (χ1n) is 6.38. The standard InChI is InChI=1S/C13H16O5S/c14-11(15)18-12(10-2-1-9-19-10)3-5-13(6-4-12)16-7-8-17-13/h1-2,9H,3-8H2,(H,14,15). The highest BCUT2D eigenvalue weighted by Gasteiger charge is 2.49. The second kappa shape index (κ2) is 4.77. The molecular weight excluding hydrogens is 268 g/mol. The summed E-state index contributed by atoms with van der Waals surface area (Å²) in [6, 6.07) is 3.85. The van der Waals surface area contributed by atoms with Crippen LogP contribution in [0.15, 0.2) is 17.5 Å². The summed E-state index contributed by atoms with van der Waals surface area (Å²) >= 11 is 1.53. The van der Waals surface area contributed by atoms with E-state index in [9.17, 15) is 4.79 Å². The smallest absolute Gasteiger partial charge is 0.450 e. The monoisotopic (exact) mass is 284 g/mol. The molecule has 5 nitrogen and oxygen atoms in total. The quantitative estimate of drug-likeness (QED) is 0.846. The second-order valence-corrected chi connectivity index (χ2v) is 5.89. The van der Waals surface area contributed by atoms with Gasteiger partial charge in [0.05, 0.1) is 13.2 Å². The normalized spacial score (nSPS) is 24.4. The van der Waals surface area contributed by atoms with Crippen molar-refractivity contribution in [3.63, 3.8) is 0 Å². The Morgan fingerprint density at radius 3 is 2.47 bits per heavy atom. The lowest BCUT2D eigenvalue weighted by Gasteiger charge is -2.41. The molecule has 1 aliphatic heterocycles. The van der Waals surface area contributed by atoms with Crippen LogP contribution in [0.3, 0.4) is 0 Å². The van der Waals surface area contributed by atoms with E-state index in [0.29, 0.717) is 38.9 Å². The molecule has 0 atom stereocenters. The Balaban J connectivity index is 1.81. The zero-order chi connectivity index (χ0) is 13.3. The largest absolute Gasteiger partial charge is 0.506 e. The molecule has 1 aliphatic carbocycles. The van der Waals surface area contributed by atoms with Gasteiger partial charge < -0.3 is 19.3 Å². The van der Waals surface area contributed by atoms with Gasteiger partial charge in [-0.05, 0) is 24.3 Å². The van der Waals surface area contributed by atoms with Crippen LogP contribution in [0, 0.1) is 0 Å². The number of hydrogen-bond donors (Lipinski definition) is 1. The van der Waals surface area contributed by atoms with Gasteiger partial charge in [0.2, 0.25) is 0 Å². The summed E-state index contributed by atoms with van der Waals surface area (Å²) in [6.07, 6.45) is 1.30. The van der Waals surface area contributed by atoms with Gasteiger partial charge in [0.1, 0.15) is 0 Å². The summed E-state index contributed by atoms with van der Waals surface area (Å²) in [7, 11) is 0. The maximum absolute atomic E-state index is 11.0. The zero-order valence-corrected chi connectivity index (χ0v) is 11.3. The first kappa shape index (κ1) is 12.9. The average molecular weight is 284 g/mol. The fourth-order valence-corrected chi connectivity index (χ4v) is 3.85. The van der Waals surface area contributed by atoms with Crippen molar-refractivity contribution in [1.82, 2.24) is 0 Å². The minimum Gasteiger partial charge on any atom is -0.450 e. The van der Waals surface area contributed by atoms with E-state index in [1.165, 1.54) is 11.3 Å². The average Bonchev–Trinajstić information content (AvgIpc) is 3.05. The SMILES string of the molecule is O=C(O)OC1(c2cccs2)CCC2(CC1)OCCO2. The molecule has 1 aromatic heterocycles. The molecule has 2 fully saturated rings. The molecule has 2 aliphatic rings. The molecule has 1 spiro atoms.